The lowest BCUT2D eigenvalue weighted by molar-refractivity contribution is -0.116. The molecule has 0 aliphatic rings. The van der Waals surface area contributed by atoms with E-state index in [1.165, 1.54) is 0 Å². The molecule has 0 spiro atoms. The summed E-state index contributed by atoms with van der Waals surface area (Å²) in [6.45, 7) is 4.49. The lowest BCUT2D eigenvalue weighted by atomic mass is 10.1. The number of rotatable bonds is 7. The second-order valence-corrected chi connectivity index (χ2v) is 5.53. The van der Waals surface area contributed by atoms with Crippen molar-refractivity contribution in [3.63, 3.8) is 0 Å². The average Bonchev–Trinajstić information content (AvgIpc) is 2.85. The van der Waals surface area contributed by atoms with E-state index < -0.39 is 0 Å². The van der Waals surface area contributed by atoms with Gasteiger partial charge in [0.1, 0.15) is 5.75 Å². The summed E-state index contributed by atoms with van der Waals surface area (Å²) in [7, 11) is 1.58. The number of nitriles is 1. The van der Waals surface area contributed by atoms with Gasteiger partial charge in [0.05, 0.1) is 37.5 Å². The number of methoxy groups -OCH3 is 1. The number of hydrogen-bond donors (Lipinski definition) is 1. The van der Waals surface area contributed by atoms with Crippen molar-refractivity contribution in [3.8, 4) is 11.8 Å². The van der Waals surface area contributed by atoms with Crippen LogP contribution in [-0.2, 0) is 17.8 Å². The first-order valence-corrected chi connectivity index (χ1v) is 7.89. The highest BCUT2D eigenvalue weighted by Crippen LogP contribution is 2.23. The number of ether oxygens (including phenoxy) is 1. The smallest absolute Gasteiger partial charge is 0.224 e. The molecule has 0 radical (unpaired) electrons. The summed E-state index contributed by atoms with van der Waals surface area (Å²) in [5, 5.41) is 16.0. The van der Waals surface area contributed by atoms with E-state index in [4.69, 9.17) is 10.00 Å². The molecule has 6 nitrogen and oxygen atoms in total. The van der Waals surface area contributed by atoms with Gasteiger partial charge in [-0.25, -0.2) is 0 Å². The Morgan fingerprint density at radius 1 is 1.38 bits per heavy atom. The lowest BCUT2D eigenvalue weighted by Gasteiger charge is -2.10. The Bertz CT molecular complexity index is 759. The number of para-hydroxylation sites is 2. The third-order valence-corrected chi connectivity index (χ3v) is 3.95. The number of nitrogens with zero attached hydrogens (tertiary/aromatic N) is 3. The minimum Gasteiger partial charge on any atom is -0.495 e. The summed E-state index contributed by atoms with van der Waals surface area (Å²) < 4.78 is 7.07. The molecular weight excluding hydrogens is 304 g/mol. The van der Waals surface area contributed by atoms with Gasteiger partial charge in [0.15, 0.2) is 0 Å². The highest BCUT2D eigenvalue weighted by molar-refractivity contribution is 5.92. The van der Waals surface area contributed by atoms with Gasteiger partial charge >= 0.3 is 0 Å². The number of anilines is 1. The number of aryl methyl sites for hydroxylation is 2. The molecule has 0 aliphatic heterocycles. The van der Waals surface area contributed by atoms with Crippen LogP contribution in [0.3, 0.4) is 0 Å². The van der Waals surface area contributed by atoms with Gasteiger partial charge in [0.25, 0.3) is 0 Å². The van der Waals surface area contributed by atoms with Crippen molar-refractivity contribution >= 4 is 11.6 Å². The Morgan fingerprint density at radius 2 is 2.12 bits per heavy atom. The molecule has 0 atom stereocenters. The number of amides is 1. The zero-order valence-electron chi connectivity index (χ0n) is 14.3. The molecular formula is C18H22N4O2. The molecule has 0 fully saturated rings. The summed E-state index contributed by atoms with van der Waals surface area (Å²) in [6, 6.07) is 9.46. The third-order valence-electron chi connectivity index (χ3n) is 3.95. The summed E-state index contributed by atoms with van der Waals surface area (Å²) in [4.78, 5) is 12.2. The molecule has 1 heterocycles. The van der Waals surface area contributed by atoms with Crippen molar-refractivity contribution in [2.24, 2.45) is 0 Å². The van der Waals surface area contributed by atoms with Gasteiger partial charge < -0.3 is 10.1 Å². The summed E-state index contributed by atoms with van der Waals surface area (Å²) in [5.41, 5.74) is 3.68. The molecule has 0 unspecified atom stereocenters. The molecule has 0 bridgehead atoms. The molecule has 0 saturated carbocycles. The molecule has 1 aromatic heterocycles. The number of hydrogen-bond acceptors (Lipinski definition) is 4. The van der Waals surface area contributed by atoms with Crippen LogP contribution in [0.5, 0.6) is 5.75 Å². The van der Waals surface area contributed by atoms with E-state index in [9.17, 15) is 4.79 Å². The average molecular weight is 326 g/mol. The second-order valence-electron chi connectivity index (χ2n) is 5.53. The number of nitrogens with one attached hydrogen (secondary N) is 1. The van der Waals surface area contributed by atoms with E-state index >= 15 is 0 Å². The summed E-state index contributed by atoms with van der Waals surface area (Å²) in [5.74, 6) is 0.575. The maximum atomic E-state index is 12.2. The van der Waals surface area contributed by atoms with Crippen molar-refractivity contribution < 1.29 is 9.53 Å². The molecule has 1 N–H and O–H groups in total. The molecule has 2 aromatic rings. The van der Waals surface area contributed by atoms with Gasteiger partial charge in [-0.05, 0) is 38.0 Å². The van der Waals surface area contributed by atoms with E-state index in [1.807, 2.05) is 42.8 Å². The zero-order chi connectivity index (χ0) is 17.5. The molecule has 24 heavy (non-hydrogen) atoms. The molecule has 0 aliphatic carbocycles. The van der Waals surface area contributed by atoms with Crippen LogP contribution in [0.1, 0.15) is 29.8 Å². The van der Waals surface area contributed by atoms with Crippen molar-refractivity contribution in [1.82, 2.24) is 9.78 Å². The minimum absolute atomic E-state index is 0.0666. The number of benzene rings is 1. The van der Waals surface area contributed by atoms with Gasteiger partial charge in [-0.3, -0.25) is 9.48 Å². The fourth-order valence-corrected chi connectivity index (χ4v) is 2.67. The van der Waals surface area contributed by atoms with E-state index in [0.29, 0.717) is 37.2 Å². The predicted molar refractivity (Wildman–Crippen MR) is 91.9 cm³/mol. The van der Waals surface area contributed by atoms with E-state index in [0.717, 1.165) is 17.0 Å². The van der Waals surface area contributed by atoms with Gasteiger partial charge in [0.2, 0.25) is 5.91 Å². The van der Waals surface area contributed by atoms with Crippen LogP contribution < -0.4 is 10.1 Å². The van der Waals surface area contributed by atoms with Crippen LogP contribution >= 0.6 is 0 Å². The van der Waals surface area contributed by atoms with E-state index in [1.54, 1.807) is 7.11 Å². The van der Waals surface area contributed by atoms with Gasteiger partial charge in [-0.2, -0.15) is 10.4 Å². The van der Waals surface area contributed by atoms with Crippen LogP contribution in [0.2, 0.25) is 0 Å². The number of carbonyl (C=O) groups excluding carboxylic acids is 1. The zero-order valence-corrected chi connectivity index (χ0v) is 14.3. The highest BCUT2D eigenvalue weighted by atomic mass is 16.5. The maximum absolute atomic E-state index is 12.2. The Kier molecular flexibility index (Phi) is 5.96. The third kappa shape index (κ3) is 4.13. The first-order valence-electron chi connectivity index (χ1n) is 7.89. The molecule has 6 heteroatoms. The molecule has 126 valence electrons. The maximum Gasteiger partial charge on any atom is 0.224 e. The summed E-state index contributed by atoms with van der Waals surface area (Å²) >= 11 is 0. The second kappa shape index (κ2) is 8.16. The first-order chi connectivity index (χ1) is 11.6. The van der Waals surface area contributed by atoms with Crippen LogP contribution in [-0.4, -0.2) is 22.8 Å². The van der Waals surface area contributed by atoms with Crippen molar-refractivity contribution in [1.29, 1.82) is 5.26 Å². The molecule has 0 saturated heterocycles. The molecule has 1 aromatic carbocycles. The van der Waals surface area contributed by atoms with Crippen LogP contribution in [0.15, 0.2) is 24.3 Å². The quantitative estimate of drug-likeness (QED) is 0.848. The number of carbonyl (C=O) groups is 1. The van der Waals surface area contributed by atoms with Crippen LogP contribution in [0, 0.1) is 25.2 Å². The minimum atomic E-state index is -0.0666. The highest BCUT2D eigenvalue weighted by Gasteiger charge is 2.13. The molecule has 1 amide bonds. The van der Waals surface area contributed by atoms with Crippen molar-refractivity contribution in [2.45, 2.75) is 39.7 Å². The standard InChI is InChI=1S/C18H22N4O2/c1-13-15(14(2)22(21-13)12-6-11-19)9-10-18(23)20-16-7-4-5-8-17(16)24-3/h4-5,7-8H,6,9-10,12H2,1-3H3,(H,20,23). The fraction of sp³-hybridized carbons (Fsp3) is 0.389. The number of aromatic nitrogens is 2. The van der Waals surface area contributed by atoms with E-state index in [-0.39, 0.29) is 5.91 Å². The van der Waals surface area contributed by atoms with Crippen LogP contribution in [0.25, 0.3) is 0 Å². The molecule has 2 rings (SSSR count). The van der Waals surface area contributed by atoms with Gasteiger partial charge in [-0.1, -0.05) is 12.1 Å². The lowest BCUT2D eigenvalue weighted by Crippen LogP contribution is -2.13. The predicted octanol–water partition coefficient (Wildman–Crippen LogP) is 2.99. The van der Waals surface area contributed by atoms with Crippen LogP contribution in [0.4, 0.5) is 5.69 Å². The largest absolute Gasteiger partial charge is 0.495 e. The van der Waals surface area contributed by atoms with E-state index in [2.05, 4.69) is 16.5 Å². The normalized spacial score (nSPS) is 10.2. The first kappa shape index (κ1) is 17.5. The fourth-order valence-electron chi connectivity index (χ4n) is 2.67. The monoisotopic (exact) mass is 326 g/mol. The SMILES string of the molecule is COc1ccccc1NC(=O)CCc1c(C)nn(CCC#N)c1C. The van der Waals surface area contributed by atoms with Gasteiger partial charge in [-0.15, -0.1) is 0 Å². The summed E-state index contributed by atoms with van der Waals surface area (Å²) in [6.07, 6.45) is 1.41. The van der Waals surface area contributed by atoms with Gasteiger partial charge in [0, 0.05) is 12.1 Å². The Balaban J connectivity index is 1.99. The van der Waals surface area contributed by atoms with Crippen molar-refractivity contribution in [2.75, 3.05) is 12.4 Å². The Morgan fingerprint density at radius 3 is 2.83 bits per heavy atom. The Hall–Kier alpha value is -2.81. The Labute approximate surface area is 142 Å². The van der Waals surface area contributed by atoms with Crippen molar-refractivity contribution in [3.05, 3.63) is 41.2 Å². The topological polar surface area (TPSA) is 79.9 Å².